The molecule has 0 spiro atoms. The maximum absolute atomic E-state index is 13.5. The van der Waals surface area contributed by atoms with Crippen molar-refractivity contribution in [2.24, 2.45) is 11.8 Å². The molecule has 2 saturated carbocycles. The number of nitrogens with zero attached hydrogens (tertiary/aromatic N) is 2. The number of aliphatic hydroxyl groups excluding tert-OH is 1. The Kier molecular flexibility index (Phi) is 8.39. The van der Waals surface area contributed by atoms with E-state index in [4.69, 9.17) is 4.74 Å². The fraction of sp³-hybridized carbons (Fsp3) is 0.667. The normalized spacial score (nSPS) is 23.6. The number of urea groups is 1. The van der Waals surface area contributed by atoms with Gasteiger partial charge in [0.15, 0.2) is 5.75 Å². The van der Waals surface area contributed by atoms with E-state index in [0.717, 1.165) is 38.5 Å². The van der Waals surface area contributed by atoms with Gasteiger partial charge in [-0.25, -0.2) is 4.79 Å². The van der Waals surface area contributed by atoms with Crippen LogP contribution in [0, 0.1) is 11.8 Å². The molecule has 1 aromatic carbocycles. The number of aliphatic hydroxyl groups is 1. The summed E-state index contributed by atoms with van der Waals surface area (Å²) in [6, 6.07) is 4.85. The van der Waals surface area contributed by atoms with Gasteiger partial charge in [-0.3, -0.25) is 9.59 Å². The number of likely N-dealkylation sites (N-methyl/N-ethyl adjacent to an activating group) is 1. The number of carbonyl (C=O) groups excluding carboxylic acids is 3. The minimum Gasteiger partial charge on any atom is -0.485 e. The highest BCUT2D eigenvalue weighted by atomic mass is 16.5. The van der Waals surface area contributed by atoms with Crippen molar-refractivity contribution in [3.63, 3.8) is 0 Å². The van der Waals surface area contributed by atoms with E-state index in [1.165, 1.54) is 6.42 Å². The molecule has 3 atom stereocenters. The zero-order valence-electron chi connectivity index (χ0n) is 21.7. The van der Waals surface area contributed by atoms with E-state index < -0.39 is 6.10 Å². The molecule has 9 heteroatoms. The molecule has 4 amide bonds. The van der Waals surface area contributed by atoms with Gasteiger partial charge in [0.05, 0.1) is 30.4 Å². The lowest BCUT2D eigenvalue weighted by Crippen LogP contribution is -2.52. The molecule has 0 unspecified atom stereocenters. The Morgan fingerprint density at radius 2 is 1.92 bits per heavy atom. The number of amides is 4. The van der Waals surface area contributed by atoms with Crippen molar-refractivity contribution in [1.29, 1.82) is 0 Å². The summed E-state index contributed by atoms with van der Waals surface area (Å²) in [5.41, 5.74) is 0.804. The van der Waals surface area contributed by atoms with Gasteiger partial charge in [0.25, 0.3) is 5.91 Å². The lowest BCUT2D eigenvalue weighted by molar-refractivity contribution is -0.117. The minimum absolute atomic E-state index is 0.000333. The van der Waals surface area contributed by atoms with Crippen LogP contribution in [0.2, 0.25) is 0 Å². The minimum atomic E-state index is -0.425. The van der Waals surface area contributed by atoms with Crippen LogP contribution in [0.1, 0.15) is 69.2 Å². The second-order valence-corrected chi connectivity index (χ2v) is 10.7. The van der Waals surface area contributed by atoms with E-state index in [0.29, 0.717) is 30.1 Å². The van der Waals surface area contributed by atoms with Crippen LogP contribution < -0.4 is 15.4 Å². The summed E-state index contributed by atoms with van der Waals surface area (Å²) in [4.78, 5) is 42.4. The van der Waals surface area contributed by atoms with Crippen molar-refractivity contribution in [3.8, 4) is 5.75 Å². The Balaban J connectivity index is 1.59. The molecule has 0 aromatic heterocycles. The van der Waals surface area contributed by atoms with Crippen molar-refractivity contribution >= 4 is 23.5 Å². The average Bonchev–Trinajstić information content (AvgIpc) is 3.72. The highest BCUT2D eigenvalue weighted by molar-refractivity contribution is 6.02. The number of para-hydroxylation sites is 1. The first-order valence-electron chi connectivity index (χ1n) is 13.3. The van der Waals surface area contributed by atoms with E-state index in [1.807, 2.05) is 13.8 Å². The topological polar surface area (TPSA) is 111 Å². The van der Waals surface area contributed by atoms with Gasteiger partial charge in [0.2, 0.25) is 5.91 Å². The number of carbonyl (C=O) groups is 3. The molecule has 1 aliphatic heterocycles. The molecule has 1 aromatic rings. The Labute approximate surface area is 213 Å². The van der Waals surface area contributed by atoms with Gasteiger partial charge in [-0.1, -0.05) is 32.3 Å². The van der Waals surface area contributed by atoms with E-state index in [2.05, 4.69) is 10.6 Å². The van der Waals surface area contributed by atoms with E-state index in [9.17, 15) is 19.5 Å². The summed E-state index contributed by atoms with van der Waals surface area (Å²) in [6.07, 6.45) is 6.80. The van der Waals surface area contributed by atoms with Gasteiger partial charge in [-0.15, -0.1) is 0 Å². The van der Waals surface area contributed by atoms with Crippen LogP contribution in [-0.4, -0.2) is 77.7 Å². The molecule has 1 heterocycles. The molecule has 4 rings (SSSR count). The highest BCUT2D eigenvalue weighted by Gasteiger charge is 2.36. The van der Waals surface area contributed by atoms with Crippen LogP contribution in [0.4, 0.5) is 10.5 Å². The Morgan fingerprint density at radius 1 is 1.19 bits per heavy atom. The van der Waals surface area contributed by atoms with Crippen molar-refractivity contribution in [2.45, 2.75) is 77.0 Å². The Hall–Kier alpha value is -2.81. The molecule has 198 valence electrons. The van der Waals surface area contributed by atoms with Crippen molar-refractivity contribution in [3.05, 3.63) is 23.8 Å². The summed E-state index contributed by atoms with van der Waals surface area (Å²) in [5, 5.41) is 15.9. The third-order valence-electron chi connectivity index (χ3n) is 7.63. The monoisotopic (exact) mass is 500 g/mol. The number of rotatable bonds is 7. The fourth-order valence-electron chi connectivity index (χ4n) is 5.02. The Morgan fingerprint density at radius 3 is 2.58 bits per heavy atom. The maximum Gasteiger partial charge on any atom is 0.317 e. The van der Waals surface area contributed by atoms with Gasteiger partial charge < -0.3 is 30.3 Å². The summed E-state index contributed by atoms with van der Waals surface area (Å²) >= 11 is 0. The molecule has 3 N–H and O–H groups in total. The van der Waals surface area contributed by atoms with Crippen LogP contribution in [0.5, 0.6) is 5.75 Å². The third-order valence-corrected chi connectivity index (χ3v) is 7.63. The van der Waals surface area contributed by atoms with Crippen molar-refractivity contribution in [1.82, 2.24) is 15.1 Å². The Bertz CT molecular complexity index is 959. The van der Waals surface area contributed by atoms with Gasteiger partial charge in [-0.2, -0.15) is 0 Å². The molecule has 9 nitrogen and oxygen atoms in total. The zero-order valence-corrected chi connectivity index (χ0v) is 21.7. The number of nitrogens with one attached hydrogen (secondary N) is 2. The van der Waals surface area contributed by atoms with E-state index >= 15 is 0 Å². The first-order chi connectivity index (χ1) is 17.3. The van der Waals surface area contributed by atoms with Gasteiger partial charge in [0, 0.05) is 31.5 Å². The smallest absolute Gasteiger partial charge is 0.317 e. The maximum atomic E-state index is 13.5. The summed E-state index contributed by atoms with van der Waals surface area (Å²) in [7, 11) is 1.76. The van der Waals surface area contributed by atoms with Crippen molar-refractivity contribution in [2.75, 3.05) is 32.1 Å². The van der Waals surface area contributed by atoms with Gasteiger partial charge in [-0.05, 0) is 44.7 Å². The van der Waals surface area contributed by atoms with E-state index in [-0.39, 0.29) is 48.4 Å². The molecule has 2 aliphatic carbocycles. The number of hydrogen-bond acceptors (Lipinski definition) is 5. The highest BCUT2D eigenvalue weighted by Crippen LogP contribution is 2.37. The predicted octanol–water partition coefficient (Wildman–Crippen LogP) is 3.23. The number of anilines is 1. The van der Waals surface area contributed by atoms with Crippen LogP contribution in [-0.2, 0) is 4.79 Å². The lowest BCUT2D eigenvalue weighted by Gasteiger charge is -2.38. The summed E-state index contributed by atoms with van der Waals surface area (Å²) in [6.45, 7) is 4.32. The molecule has 3 aliphatic rings. The molecule has 0 saturated heterocycles. The van der Waals surface area contributed by atoms with Crippen LogP contribution in [0.25, 0.3) is 0 Å². The van der Waals surface area contributed by atoms with Gasteiger partial charge in [0.1, 0.15) is 6.10 Å². The average molecular weight is 501 g/mol. The molecule has 0 bridgehead atoms. The lowest BCUT2D eigenvalue weighted by atomic mass is 9.96. The van der Waals surface area contributed by atoms with Crippen LogP contribution >= 0.6 is 0 Å². The number of fused-ring (bicyclic) bond motifs is 1. The molecule has 36 heavy (non-hydrogen) atoms. The summed E-state index contributed by atoms with van der Waals surface area (Å²) in [5.74, 6) is -0.128. The van der Waals surface area contributed by atoms with Crippen LogP contribution in [0.3, 0.4) is 0 Å². The molecular formula is C27H40N4O5. The number of hydrogen-bond donors (Lipinski definition) is 3. The fourth-order valence-corrected chi connectivity index (χ4v) is 5.02. The predicted molar refractivity (Wildman–Crippen MR) is 137 cm³/mol. The SMILES string of the molecule is C[C@@H]1CN([C@@H](C)CO)C(=O)c2cccc(NC(=O)C3CC3)c2O[C@H]1CN(C)C(=O)NC1CCCCC1. The van der Waals surface area contributed by atoms with Gasteiger partial charge >= 0.3 is 6.03 Å². The quantitative estimate of drug-likeness (QED) is 0.532. The third kappa shape index (κ3) is 6.11. The zero-order chi connectivity index (χ0) is 25.8. The first-order valence-corrected chi connectivity index (χ1v) is 13.3. The number of benzene rings is 1. The standard InChI is InChI=1S/C27H40N4O5/c1-17-14-31(18(2)16-32)26(34)21-10-7-11-22(29-25(33)19-12-13-19)24(21)36-23(17)15-30(3)27(35)28-20-8-5-4-6-9-20/h7,10-11,17-20,23,32H,4-6,8-9,12-16H2,1-3H3,(H,28,35)(H,29,33)/t17-,18+,23+/m1/s1. The first kappa shape index (κ1) is 26.3. The van der Waals surface area contributed by atoms with E-state index in [1.54, 1.807) is 35.0 Å². The summed E-state index contributed by atoms with van der Waals surface area (Å²) < 4.78 is 6.48. The number of ether oxygens (including phenoxy) is 1. The second-order valence-electron chi connectivity index (χ2n) is 10.7. The largest absolute Gasteiger partial charge is 0.485 e. The molecular weight excluding hydrogens is 460 g/mol. The molecule has 2 fully saturated rings. The van der Waals surface area contributed by atoms with Crippen molar-refractivity contribution < 1.29 is 24.2 Å². The molecule has 0 radical (unpaired) electrons. The second kappa shape index (κ2) is 11.5. The van der Waals surface area contributed by atoms with Crippen LogP contribution in [0.15, 0.2) is 18.2 Å².